The maximum Gasteiger partial charge on any atom is 0.253 e. The van der Waals surface area contributed by atoms with E-state index in [0.717, 1.165) is 18.7 Å². The zero-order valence-corrected chi connectivity index (χ0v) is 11.8. The third-order valence-corrected chi connectivity index (χ3v) is 2.68. The number of nitrogens with two attached hydrogens (primary N) is 1. The van der Waals surface area contributed by atoms with Crippen LogP contribution in [0.5, 0.6) is 0 Å². The lowest BCUT2D eigenvalue weighted by atomic mass is 10.1. The lowest BCUT2D eigenvalue weighted by Crippen LogP contribution is -2.30. The molecule has 0 unspecified atom stereocenters. The molecule has 0 bridgehead atoms. The van der Waals surface area contributed by atoms with E-state index in [1.54, 1.807) is 12.1 Å². The summed E-state index contributed by atoms with van der Waals surface area (Å²) < 4.78 is 0. The van der Waals surface area contributed by atoms with Gasteiger partial charge in [-0.1, -0.05) is 18.5 Å². The van der Waals surface area contributed by atoms with Crippen LogP contribution >= 0.6 is 11.6 Å². The Morgan fingerprint density at radius 1 is 1.44 bits per heavy atom. The van der Waals surface area contributed by atoms with Gasteiger partial charge in [-0.25, -0.2) is 0 Å². The lowest BCUT2D eigenvalue weighted by Gasteiger charge is -2.13. The molecule has 1 amide bonds. The van der Waals surface area contributed by atoms with Crippen molar-refractivity contribution in [2.24, 2.45) is 0 Å². The maximum absolute atomic E-state index is 11.9. The first-order valence-corrected chi connectivity index (χ1v) is 6.47. The minimum atomic E-state index is -0.205. The molecular weight excluding hydrogens is 250 g/mol. The van der Waals surface area contributed by atoms with Gasteiger partial charge in [-0.05, 0) is 32.4 Å². The SMILES string of the molecule is CCCNc1cc(Cl)c(C(=O)NC(C)C)cc1N. The molecule has 18 heavy (non-hydrogen) atoms. The van der Waals surface area contributed by atoms with Gasteiger partial charge in [-0.15, -0.1) is 0 Å². The van der Waals surface area contributed by atoms with E-state index >= 15 is 0 Å². The summed E-state index contributed by atoms with van der Waals surface area (Å²) >= 11 is 6.10. The van der Waals surface area contributed by atoms with Crippen LogP contribution in [0.2, 0.25) is 5.02 Å². The zero-order valence-electron chi connectivity index (χ0n) is 11.0. The van der Waals surface area contributed by atoms with Crippen LogP contribution in [0.1, 0.15) is 37.6 Å². The number of hydrogen-bond acceptors (Lipinski definition) is 3. The monoisotopic (exact) mass is 269 g/mol. The Morgan fingerprint density at radius 2 is 2.11 bits per heavy atom. The van der Waals surface area contributed by atoms with E-state index in [2.05, 4.69) is 17.6 Å². The van der Waals surface area contributed by atoms with Crippen LogP contribution in [0.15, 0.2) is 12.1 Å². The zero-order chi connectivity index (χ0) is 13.7. The summed E-state index contributed by atoms with van der Waals surface area (Å²) in [5, 5.41) is 6.36. The molecule has 0 aliphatic heterocycles. The normalized spacial score (nSPS) is 10.5. The van der Waals surface area contributed by atoms with Crippen LogP contribution in [-0.4, -0.2) is 18.5 Å². The van der Waals surface area contributed by atoms with Crippen LogP contribution in [0.3, 0.4) is 0 Å². The Balaban J connectivity index is 2.95. The summed E-state index contributed by atoms with van der Waals surface area (Å²) in [6, 6.07) is 3.37. The molecule has 0 saturated heterocycles. The maximum atomic E-state index is 11.9. The summed E-state index contributed by atoms with van der Waals surface area (Å²) in [4.78, 5) is 11.9. The third-order valence-electron chi connectivity index (χ3n) is 2.37. The second-order valence-corrected chi connectivity index (χ2v) is 4.88. The van der Waals surface area contributed by atoms with Gasteiger partial charge in [0.25, 0.3) is 5.91 Å². The summed E-state index contributed by atoms with van der Waals surface area (Å²) in [7, 11) is 0. The molecule has 0 aromatic heterocycles. The summed E-state index contributed by atoms with van der Waals surface area (Å²) in [5.41, 5.74) is 7.60. The Hall–Kier alpha value is -1.42. The molecule has 1 rings (SSSR count). The van der Waals surface area contributed by atoms with Crippen LogP contribution in [-0.2, 0) is 0 Å². The highest BCUT2D eigenvalue weighted by molar-refractivity contribution is 6.34. The molecule has 4 N–H and O–H groups in total. The minimum Gasteiger partial charge on any atom is -0.397 e. The molecule has 0 spiro atoms. The largest absolute Gasteiger partial charge is 0.397 e. The van der Waals surface area contributed by atoms with Crippen LogP contribution in [0, 0.1) is 0 Å². The van der Waals surface area contributed by atoms with E-state index in [4.69, 9.17) is 17.3 Å². The van der Waals surface area contributed by atoms with Crippen molar-refractivity contribution in [1.82, 2.24) is 5.32 Å². The molecule has 100 valence electrons. The molecule has 0 atom stereocenters. The van der Waals surface area contributed by atoms with Gasteiger partial charge < -0.3 is 16.4 Å². The van der Waals surface area contributed by atoms with E-state index in [0.29, 0.717) is 16.3 Å². The molecule has 0 radical (unpaired) electrons. The van der Waals surface area contributed by atoms with Gasteiger partial charge in [0.05, 0.1) is 22.0 Å². The molecule has 1 aromatic rings. The lowest BCUT2D eigenvalue weighted by molar-refractivity contribution is 0.0943. The van der Waals surface area contributed by atoms with Crippen molar-refractivity contribution in [3.05, 3.63) is 22.7 Å². The second kappa shape index (κ2) is 6.50. The van der Waals surface area contributed by atoms with Crippen molar-refractivity contribution in [2.75, 3.05) is 17.6 Å². The van der Waals surface area contributed by atoms with Gasteiger partial charge in [-0.3, -0.25) is 4.79 Å². The van der Waals surface area contributed by atoms with Crippen molar-refractivity contribution in [3.63, 3.8) is 0 Å². The van der Waals surface area contributed by atoms with Crippen molar-refractivity contribution >= 4 is 28.9 Å². The van der Waals surface area contributed by atoms with E-state index < -0.39 is 0 Å². The summed E-state index contributed by atoms with van der Waals surface area (Å²) in [6.45, 7) is 6.67. The highest BCUT2D eigenvalue weighted by Gasteiger charge is 2.14. The predicted octanol–water partition coefficient (Wildman–Crippen LogP) is 2.88. The molecule has 5 heteroatoms. The van der Waals surface area contributed by atoms with Crippen molar-refractivity contribution in [2.45, 2.75) is 33.2 Å². The molecule has 0 fully saturated rings. The number of nitrogens with one attached hydrogen (secondary N) is 2. The number of hydrogen-bond donors (Lipinski definition) is 3. The molecule has 0 heterocycles. The van der Waals surface area contributed by atoms with Gasteiger partial charge in [-0.2, -0.15) is 0 Å². The topological polar surface area (TPSA) is 67.2 Å². The second-order valence-electron chi connectivity index (χ2n) is 4.47. The van der Waals surface area contributed by atoms with Crippen LogP contribution in [0.25, 0.3) is 0 Å². The Morgan fingerprint density at radius 3 is 2.67 bits per heavy atom. The van der Waals surface area contributed by atoms with Gasteiger partial charge >= 0.3 is 0 Å². The Labute approximate surface area is 113 Å². The average molecular weight is 270 g/mol. The Kier molecular flexibility index (Phi) is 5.28. The first-order valence-electron chi connectivity index (χ1n) is 6.09. The first-order chi connectivity index (χ1) is 8.45. The van der Waals surface area contributed by atoms with Crippen molar-refractivity contribution < 1.29 is 4.79 Å². The van der Waals surface area contributed by atoms with Crippen molar-refractivity contribution in [1.29, 1.82) is 0 Å². The molecule has 0 aliphatic carbocycles. The molecule has 4 nitrogen and oxygen atoms in total. The van der Waals surface area contributed by atoms with E-state index in [-0.39, 0.29) is 11.9 Å². The standard InChI is InChI=1S/C13H20ClN3O/c1-4-5-16-12-7-10(14)9(6-11(12)15)13(18)17-8(2)3/h6-8,16H,4-5,15H2,1-3H3,(H,17,18). The smallest absolute Gasteiger partial charge is 0.253 e. The van der Waals surface area contributed by atoms with Gasteiger partial charge in [0.15, 0.2) is 0 Å². The van der Waals surface area contributed by atoms with Gasteiger partial charge in [0.1, 0.15) is 0 Å². The molecule has 0 aliphatic rings. The fourth-order valence-electron chi connectivity index (χ4n) is 1.52. The number of carbonyl (C=O) groups excluding carboxylic acids is 1. The number of carbonyl (C=O) groups is 1. The quantitative estimate of drug-likeness (QED) is 0.720. The highest BCUT2D eigenvalue weighted by atomic mass is 35.5. The number of benzene rings is 1. The number of rotatable bonds is 5. The fraction of sp³-hybridized carbons (Fsp3) is 0.462. The highest BCUT2D eigenvalue weighted by Crippen LogP contribution is 2.27. The summed E-state index contributed by atoms with van der Waals surface area (Å²) in [6.07, 6.45) is 0.993. The number of nitrogen functional groups attached to an aromatic ring is 1. The minimum absolute atomic E-state index is 0.0627. The number of halogens is 1. The van der Waals surface area contributed by atoms with E-state index in [1.807, 2.05) is 13.8 Å². The number of anilines is 2. The third kappa shape index (κ3) is 3.81. The number of amides is 1. The van der Waals surface area contributed by atoms with Gasteiger partial charge in [0.2, 0.25) is 0 Å². The fourth-order valence-corrected chi connectivity index (χ4v) is 1.77. The molecule has 1 aromatic carbocycles. The average Bonchev–Trinajstić information content (AvgIpc) is 2.28. The van der Waals surface area contributed by atoms with E-state index in [9.17, 15) is 4.79 Å². The first kappa shape index (κ1) is 14.6. The van der Waals surface area contributed by atoms with Crippen LogP contribution < -0.4 is 16.4 Å². The van der Waals surface area contributed by atoms with Crippen molar-refractivity contribution in [3.8, 4) is 0 Å². The van der Waals surface area contributed by atoms with E-state index in [1.165, 1.54) is 0 Å². The molecule has 0 saturated carbocycles. The Bertz CT molecular complexity index is 432. The predicted molar refractivity (Wildman–Crippen MR) is 77.2 cm³/mol. The van der Waals surface area contributed by atoms with Gasteiger partial charge in [0, 0.05) is 12.6 Å². The summed E-state index contributed by atoms with van der Waals surface area (Å²) in [5.74, 6) is -0.205. The van der Waals surface area contributed by atoms with Crippen LogP contribution in [0.4, 0.5) is 11.4 Å². The molecular formula is C13H20ClN3O.